The lowest BCUT2D eigenvalue weighted by Gasteiger charge is -2.46. The zero-order chi connectivity index (χ0) is 30.0. The number of aromatic nitrogens is 4. The third-order valence-electron chi connectivity index (χ3n) is 8.88. The van der Waals surface area contributed by atoms with Gasteiger partial charge in [-0.05, 0) is 50.5 Å². The van der Waals surface area contributed by atoms with Gasteiger partial charge in [0.1, 0.15) is 22.9 Å². The number of benzene rings is 1. The van der Waals surface area contributed by atoms with Crippen LogP contribution in [0.25, 0.3) is 16.7 Å². The van der Waals surface area contributed by atoms with E-state index in [1.807, 2.05) is 37.4 Å². The van der Waals surface area contributed by atoms with Crippen molar-refractivity contribution in [1.82, 2.24) is 24.3 Å². The van der Waals surface area contributed by atoms with Crippen LogP contribution in [0, 0.1) is 12.8 Å². The normalized spacial score (nSPS) is 23.2. The molecule has 0 aliphatic carbocycles. The Morgan fingerprint density at radius 3 is 2.45 bits per heavy atom. The molecule has 3 atom stereocenters. The molecule has 5 heterocycles. The third kappa shape index (κ3) is 4.67. The van der Waals surface area contributed by atoms with E-state index in [2.05, 4.69) is 15.2 Å². The van der Waals surface area contributed by atoms with Crippen molar-refractivity contribution in [3.63, 3.8) is 0 Å². The molecule has 11 heteroatoms. The number of fused-ring (bicyclic) bond motifs is 5. The van der Waals surface area contributed by atoms with E-state index in [1.165, 1.54) is 6.07 Å². The topological polar surface area (TPSA) is 84.7 Å². The molecule has 1 N–H and O–H groups in total. The number of halogens is 3. The summed E-state index contributed by atoms with van der Waals surface area (Å²) in [4.78, 5) is 29.3. The first-order chi connectivity index (χ1) is 19.9. The Balaban J connectivity index is 1.45. The molecule has 2 aliphatic rings. The molecule has 2 unspecified atom stereocenters. The summed E-state index contributed by atoms with van der Waals surface area (Å²) in [5.74, 6) is 1.14. The van der Waals surface area contributed by atoms with Crippen molar-refractivity contribution >= 4 is 28.4 Å². The predicted octanol–water partition coefficient (Wildman–Crippen LogP) is 6.43. The van der Waals surface area contributed by atoms with Crippen molar-refractivity contribution in [2.45, 2.75) is 83.3 Å². The minimum absolute atomic E-state index is 0.0668. The number of amides is 1. The summed E-state index contributed by atoms with van der Waals surface area (Å²) in [6.07, 6.45) is 2.28. The fraction of sp³-hybridized carbons (Fsp3) is 0.484. The second kappa shape index (κ2) is 10.2. The molecule has 1 amide bonds. The third-order valence-corrected chi connectivity index (χ3v) is 8.88. The van der Waals surface area contributed by atoms with E-state index in [4.69, 9.17) is 14.7 Å². The van der Waals surface area contributed by atoms with Crippen LogP contribution in [0.5, 0.6) is 0 Å². The molecule has 4 aromatic rings. The summed E-state index contributed by atoms with van der Waals surface area (Å²) in [6, 6.07) is 7.00. The van der Waals surface area contributed by atoms with Gasteiger partial charge in [-0.3, -0.25) is 9.20 Å². The molecular formula is C31H35F3N6O2. The molecule has 2 aliphatic heterocycles. The van der Waals surface area contributed by atoms with Gasteiger partial charge in [0.15, 0.2) is 5.65 Å². The van der Waals surface area contributed by atoms with Crippen LogP contribution in [0.2, 0.25) is 0 Å². The van der Waals surface area contributed by atoms with Gasteiger partial charge in [0.25, 0.3) is 0 Å². The number of carbonyl (C=O) groups excluding carboxylic acids is 1. The molecule has 2 saturated heterocycles. The lowest BCUT2D eigenvalue weighted by Crippen LogP contribution is -2.53. The number of alkyl halides is 3. The zero-order valence-electron chi connectivity index (χ0n) is 24.4. The molecule has 6 rings (SSSR count). The molecule has 42 heavy (non-hydrogen) atoms. The van der Waals surface area contributed by atoms with E-state index in [0.29, 0.717) is 41.1 Å². The van der Waals surface area contributed by atoms with Crippen LogP contribution in [-0.2, 0) is 21.3 Å². The van der Waals surface area contributed by atoms with Crippen molar-refractivity contribution in [2.75, 3.05) is 12.4 Å². The highest BCUT2D eigenvalue weighted by Gasteiger charge is 2.52. The minimum Gasteiger partial charge on any atom is -0.373 e. The number of nitrogens with zero attached hydrogens (tertiary/aromatic N) is 5. The Morgan fingerprint density at radius 1 is 1.10 bits per heavy atom. The molecule has 0 radical (unpaired) electrons. The summed E-state index contributed by atoms with van der Waals surface area (Å²) < 4.78 is 48.5. The van der Waals surface area contributed by atoms with E-state index in [9.17, 15) is 18.0 Å². The summed E-state index contributed by atoms with van der Waals surface area (Å²) >= 11 is 0. The second-order valence-electron chi connectivity index (χ2n) is 11.9. The number of ether oxygens (including phenoxy) is 1. The maximum absolute atomic E-state index is 13.4. The van der Waals surface area contributed by atoms with E-state index in [0.717, 1.165) is 36.2 Å². The molecule has 1 aromatic carbocycles. The van der Waals surface area contributed by atoms with Gasteiger partial charge in [0.2, 0.25) is 5.91 Å². The average Bonchev–Trinajstić information content (AvgIpc) is 3.54. The highest BCUT2D eigenvalue weighted by atomic mass is 19.4. The molecule has 0 saturated carbocycles. The van der Waals surface area contributed by atoms with Crippen molar-refractivity contribution < 1.29 is 22.7 Å². The van der Waals surface area contributed by atoms with Gasteiger partial charge in [-0.2, -0.15) is 13.2 Å². The first kappa shape index (κ1) is 28.4. The molecule has 222 valence electrons. The highest BCUT2D eigenvalue weighted by molar-refractivity contribution is 5.90. The number of pyridine rings is 1. The van der Waals surface area contributed by atoms with Crippen LogP contribution in [0.4, 0.5) is 19.0 Å². The molecule has 0 spiro atoms. The number of methoxy groups -OCH3 is 1. The van der Waals surface area contributed by atoms with Crippen LogP contribution in [-0.4, -0.2) is 49.4 Å². The number of aryl methyl sites for hydroxylation is 1. The van der Waals surface area contributed by atoms with Gasteiger partial charge in [0.05, 0.1) is 10.9 Å². The fourth-order valence-electron chi connectivity index (χ4n) is 6.84. The number of rotatable bonds is 6. The van der Waals surface area contributed by atoms with Gasteiger partial charge >= 0.3 is 6.18 Å². The van der Waals surface area contributed by atoms with Gasteiger partial charge in [0, 0.05) is 62.0 Å². The summed E-state index contributed by atoms with van der Waals surface area (Å²) in [5.41, 5.74) is 1.36. The number of hydrogen-bond donors (Lipinski definition) is 1. The number of nitrogens with one attached hydrogen (secondary N) is 1. The van der Waals surface area contributed by atoms with E-state index in [1.54, 1.807) is 26.3 Å². The first-order valence-electron chi connectivity index (χ1n) is 14.4. The van der Waals surface area contributed by atoms with Crippen molar-refractivity contribution in [1.29, 1.82) is 0 Å². The number of anilines is 1. The lowest BCUT2D eigenvalue weighted by atomic mass is 9.79. The number of imidazole rings is 1. The summed E-state index contributed by atoms with van der Waals surface area (Å²) in [5, 5.41) is 4.07. The van der Waals surface area contributed by atoms with Crippen LogP contribution in [0.15, 0.2) is 42.7 Å². The summed E-state index contributed by atoms with van der Waals surface area (Å²) in [6.45, 7) is 7.47. The lowest BCUT2D eigenvalue weighted by molar-refractivity contribution is -0.147. The Kier molecular flexibility index (Phi) is 6.91. The quantitative estimate of drug-likeness (QED) is 0.283. The van der Waals surface area contributed by atoms with Crippen LogP contribution < -0.4 is 5.32 Å². The summed E-state index contributed by atoms with van der Waals surface area (Å²) in [7, 11) is 1.71. The van der Waals surface area contributed by atoms with Gasteiger partial charge in [-0.25, -0.2) is 15.0 Å². The van der Waals surface area contributed by atoms with Crippen molar-refractivity contribution in [3.05, 3.63) is 65.2 Å². The number of hydrogen-bond acceptors (Lipinski definition) is 6. The molecular weight excluding hydrogens is 545 g/mol. The first-order valence-corrected chi connectivity index (χ1v) is 14.4. The standard InChI is InChI=1S/C31H35F3N6O2/c1-17(2)29(41)40-22-9-10-23(40)16-30(15-22,42-5)25-14-24-26(37-19(4)38-27(24)39-12-11-35-28(25)39)36-18(3)20-7-6-8-21(13-20)31(32,33)34/h6-8,11-14,17-18,22-23H,9-10,15-16H2,1-5H3,(H,36,37,38)/t18-,22?,23?,30?/m1/s1. The maximum Gasteiger partial charge on any atom is 0.416 e. The van der Waals surface area contributed by atoms with E-state index in [-0.39, 0.29) is 23.9 Å². The molecule has 8 nitrogen and oxygen atoms in total. The SMILES string of the molecule is COC1(c2cc3c(N[C@H](C)c4cccc(C(F)(F)F)c4)nc(C)nc3n3ccnc23)CC2CCC(C1)N2C(=O)C(C)C. The average molecular weight is 581 g/mol. The largest absolute Gasteiger partial charge is 0.416 e. The molecule has 3 aromatic heterocycles. The van der Waals surface area contributed by atoms with Crippen LogP contribution >= 0.6 is 0 Å². The Labute approximate surface area is 242 Å². The number of carbonyl (C=O) groups is 1. The van der Waals surface area contributed by atoms with Gasteiger partial charge in [-0.1, -0.05) is 26.0 Å². The van der Waals surface area contributed by atoms with E-state index < -0.39 is 23.4 Å². The van der Waals surface area contributed by atoms with E-state index >= 15 is 0 Å². The van der Waals surface area contributed by atoms with Gasteiger partial charge < -0.3 is 15.0 Å². The smallest absolute Gasteiger partial charge is 0.373 e. The monoisotopic (exact) mass is 580 g/mol. The second-order valence-corrected chi connectivity index (χ2v) is 11.9. The van der Waals surface area contributed by atoms with Gasteiger partial charge in [-0.15, -0.1) is 0 Å². The minimum atomic E-state index is -4.43. The Morgan fingerprint density at radius 2 is 1.81 bits per heavy atom. The van der Waals surface area contributed by atoms with Crippen molar-refractivity contribution in [3.8, 4) is 0 Å². The Hall–Kier alpha value is -3.73. The van der Waals surface area contributed by atoms with Crippen molar-refractivity contribution in [2.24, 2.45) is 5.92 Å². The Bertz CT molecular complexity index is 1650. The predicted molar refractivity (Wildman–Crippen MR) is 153 cm³/mol. The van der Waals surface area contributed by atoms with Crippen LogP contribution in [0.1, 0.15) is 75.0 Å². The highest BCUT2D eigenvalue weighted by Crippen LogP contribution is 2.49. The number of piperidine rings is 1. The molecule has 2 fully saturated rings. The maximum atomic E-state index is 13.4. The zero-order valence-corrected chi connectivity index (χ0v) is 24.4. The fourth-order valence-corrected chi connectivity index (χ4v) is 6.84. The van der Waals surface area contributed by atoms with Crippen LogP contribution in [0.3, 0.4) is 0 Å². The molecule has 2 bridgehead atoms.